The summed E-state index contributed by atoms with van der Waals surface area (Å²) in [6.07, 6.45) is 7.63. The van der Waals surface area contributed by atoms with E-state index in [2.05, 4.69) is 33.0 Å². The molecule has 0 radical (unpaired) electrons. The SMILES string of the molecule is CCCNC(C)CC(C)(C)C1CCCC(S(C)(=O)=O)C1. The van der Waals surface area contributed by atoms with Gasteiger partial charge in [-0.3, -0.25) is 0 Å². The van der Waals surface area contributed by atoms with Crippen LogP contribution >= 0.6 is 0 Å². The van der Waals surface area contributed by atoms with Crippen molar-refractivity contribution in [1.82, 2.24) is 5.32 Å². The van der Waals surface area contributed by atoms with Gasteiger partial charge >= 0.3 is 0 Å². The maximum atomic E-state index is 11.8. The van der Waals surface area contributed by atoms with E-state index in [0.717, 1.165) is 38.6 Å². The lowest BCUT2D eigenvalue weighted by Crippen LogP contribution is -2.39. The van der Waals surface area contributed by atoms with E-state index in [4.69, 9.17) is 0 Å². The van der Waals surface area contributed by atoms with Gasteiger partial charge in [0.2, 0.25) is 0 Å². The lowest BCUT2D eigenvalue weighted by molar-refractivity contribution is 0.134. The second-order valence-electron chi connectivity index (χ2n) is 7.36. The van der Waals surface area contributed by atoms with Gasteiger partial charge in [0.25, 0.3) is 0 Å². The fourth-order valence-electron chi connectivity index (χ4n) is 3.66. The van der Waals surface area contributed by atoms with Crippen molar-refractivity contribution >= 4 is 9.84 Å². The van der Waals surface area contributed by atoms with E-state index in [0.29, 0.717) is 12.0 Å². The third kappa shape index (κ3) is 5.36. The van der Waals surface area contributed by atoms with Crippen LogP contribution in [0.15, 0.2) is 0 Å². The summed E-state index contributed by atoms with van der Waals surface area (Å²) in [6.45, 7) is 10.1. The molecule has 0 heterocycles. The zero-order valence-electron chi connectivity index (χ0n) is 13.9. The second-order valence-corrected chi connectivity index (χ2v) is 9.69. The Hall–Kier alpha value is -0.0900. The van der Waals surface area contributed by atoms with Gasteiger partial charge in [-0.15, -0.1) is 0 Å². The minimum Gasteiger partial charge on any atom is -0.314 e. The highest BCUT2D eigenvalue weighted by atomic mass is 32.2. The first-order valence-electron chi connectivity index (χ1n) is 8.09. The van der Waals surface area contributed by atoms with Crippen molar-refractivity contribution in [2.75, 3.05) is 12.8 Å². The van der Waals surface area contributed by atoms with Gasteiger partial charge < -0.3 is 5.32 Å². The molecule has 0 saturated heterocycles. The van der Waals surface area contributed by atoms with Crippen molar-refractivity contribution in [3.05, 3.63) is 0 Å². The van der Waals surface area contributed by atoms with E-state index in [-0.39, 0.29) is 10.7 Å². The Kier molecular flexibility index (Phi) is 6.52. The molecular weight excluding hydrogens is 270 g/mol. The maximum absolute atomic E-state index is 11.8. The Bertz CT molecular complexity index is 389. The summed E-state index contributed by atoms with van der Waals surface area (Å²) in [5, 5.41) is 3.44. The van der Waals surface area contributed by atoms with E-state index >= 15 is 0 Å². The Balaban J connectivity index is 2.62. The van der Waals surface area contributed by atoms with Crippen LogP contribution in [0.3, 0.4) is 0 Å². The summed E-state index contributed by atoms with van der Waals surface area (Å²) >= 11 is 0. The zero-order chi connectivity index (χ0) is 15.4. The number of hydrogen-bond acceptors (Lipinski definition) is 3. The predicted octanol–water partition coefficient (Wildman–Crippen LogP) is 3.39. The highest BCUT2D eigenvalue weighted by Gasteiger charge is 2.37. The molecule has 0 aromatic heterocycles. The lowest BCUT2D eigenvalue weighted by Gasteiger charge is -2.41. The van der Waals surface area contributed by atoms with E-state index < -0.39 is 9.84 Å². The molecule has 0 aliphatic heterocycles. The summed E-state index contributed by atoms with van der Waals surface area (Å²) in [4.78, 5) is 0. The summed E-state index contributed by atoms with van der Waals surface area (Å²) in [5.41, 5.74) is 0.212. The van der Waals surface area contributed by atoms with E-state index in [9.17, 15) is 8.42 Å². The summed E-state index contributed by atoms with van der Waals surface area (Å²) in [7, 11) is -2.88. The molecule has 0 aromatic rings. The lowest BCUT2D eigenvalue weighted by atomic mass is 9.68. The standard InChI is InChI=1S/C16H33NO2S/c1-6-10-17-13(2)12-16(3,4)14-8-7-9-15(11-14)20(5,18)19/h13-15,17H,6-12H2,1-5H3. The number of sulfone groups is 1. The van der Waals surface area contributed by atoms with E-state index in [1.54, 1.807) is 0 Å². The van der Waals surface area contributed by atoms with Crippen molar-refractivity contribution in [1.29, 1.82) is 0 Å². The van der Waals surface area contributed by atoms with Crippen LogP contribution in [0.25, 0.3) is 0 Å². The number of rotatable bonds is 7. The molecule has 3 atom stereocenters. The van der Waals surface area contributed by atoms with Gasteiger partial charge in [-0.2, -0.15) is 0 Å². The molecule has 120 valence electrons. The minimum absolute atomic E-state index is 0.112. The third-order valence-electron chi connectivity index (χ3n) is 4.91. The fraction of sp³-hybridized carbons (Fsp3) is 1.00. The normalized spacial score (nSPS) is 26.4. The first-order chi connectivity index (χ1) is 9.16. The smallest absolute Gasteiger partial charge is 0.150 e. The van der Waals surface area contributed by atoms with Crippen LogP contribution in [-0.4, -0.2) is 32.5 Å². The van der Waals surface area contributed by atoms with Gasteiger partial charge in [0.1, 0.15) is 9.84 Å². The molecule has 1 fully saturated rings. The van der Waals surface area contributed by atoms with E-state index in [1.807, 2.05) is 0 Å². The summed E-state index contributed by atoms with van der Waals surface area (Å²) in [5.74, 6) is 0.529. The van der Waals surface area contributed by atoms with Crippen molar-refractivity contribution in [3.8, 4) is 0 Å². The van der Waals surface area contributed by atoms with Gasteiger partial charge in [0.05, 0.1) is 5.25 Å². The first kappa shape index (κ1) is 18.0. The number of nitrogens with one attached hydrogen (secondary N) is 1. The molecular formula is C16H33NO2S. The molecule has 0 spiro atoms. The second kappa shape index (κ2) is 7.26. The van der Waals surface area contributed by atoms with Crippen LogP contribution < -0.4 is 5.32 Å². The first-order valence-corrected chi connectivity index (χ1v) is 10.0. The molecule has 3 unspecified atom stereocenters. The molecule has 0 amide bonds. The highest BCUT2D eigenvalue weighted by molar-refractivity contribution is 7.91. The van der Waals surface area contributed by atoms with Gasteiger partial charge in [0.15, 0.2) is 0 Å². The summed E-state index contributed by atoms with van der Waals surface area (Å²) in [6, 6.07) is 0.503. The molecule has 1 aliphatic rings. The van der Waals surface area contributed by atoms with Crippen molar-refractivity contribution in [2.45, 2.75) is 77.5 Å². The van der Waals surface area contributed by atoms with Gasteiger partial charge in [-0.25, -0.2) is 8.42 Å². The average molecular weight is 304 g/mol. The Morgan fingerprint density at radius 3 is 2.50 bits per heavy atom. The minimum atomic E-state index is -2.88. The van der Waals surface area contributed by atoms with Crippen LogP contribution in [0.5, 0.6) is 0 Å². The van der Waals surface area contributed by atoms with Crippen LogP contribution in [0, 0.1) is 11.3 Å². The van der Waals surface area contributed by atoms with E-state index in [1.165, 1.54) is 12.7 Å². The van der Waals surface area contributed by atoms with Crippen molar-refractivity contribution < 1.29 is 8.42 Å². The van der Waals surface area contributed by atoms with Crippen molar-refractivity contribution in [3.63, 3.8) is 0 Å². The Labute approximate surface area is 125 Å². The monoisotopic (exact) mass is 303 g/mol. The average Bonchev–Trinajstić information content (AvgIpc) is 2.35. The molecule has 1 saturated carbocycles. The zero-order valence-corrected chi connectivity index (χ0v) is 14.7. The molecule has 4 heteroatoms. The summed E-state index contributed by atoms with van der Waals surface area (Å²) < 4.78 is 23.6. The number of hydrogen-bond donors (Lipinski definition) is 1. The molecule has 1 N–H and O–H groups in total. The Morgan fingerprint density at radius 2 is 1.95 bits per heavy atom. The molecule has 0 bridgehead atoms. The van der Waals surface area contributed by atoms with Crippen LogP contribution in [0.2, 0.25) is 0 Å². The molecule has 1 rings (SSSR count). The maximum Gasteiger partial charge on any atom is 0.150 e. The Morgan fingerprint density at radius 1 is 1.30 bits per heavy atom. The highest BCUT2D eigenvalue weighted by Crippen LogP contribution is 2.42. The predicted molar refractivity (Wildman–Crippen MR) is 86.7 cm³/mol. The van der Waals surface area contributed by atoms with Gasteiger partial charge in [-0.1, -0.05) is 27.2 Å². The quantitative estimate of drug-likeness (QED) is 0.784. The fourth-order valence-corrected chi connectivity index (χ4v) is 4.84. The molecule has 1 aliphatic carbocycles. The van der Waals surface area contributed by atoms with Gasteiger partial charge in [-0.05, 0) is 56.9 Å². The van der Waals surface area contributed by atoms with Crippen LogP contribution in [0.1, 0.15) is 66.2 Å². The molecule has 3 nitrogen and oxygen atoms in total. The largest absolute Gasteiger partial charge is 0.314 e. The molecule has 20 heavy (non-hydrogen) atoms. The molecule has 0 aromatic carbocycles. The third-order valence-corrected chi connectivity index (χ3v) is 6.55. The van der Waals surface area contributed by atoms with Crippen LogP contribution in [0.4, 0.5) is 0 Å². The van der Waals surface area contributed by atoms with Gasteiger partial charge in [0, 0.05) is 12.3 Å². The van der Waals surface area contributed by atoms with Crippen molar-refractivity contribution in [2.24, 2.45) is 11.3 Å². The topological polar surface area (TPSA) is 46.2 Å². The van der Waals surface area contributed by atoms with Crippen LogP contribution in [-0.2, 0) is 9.84 Å².